The first-order valence-electron chi connectivity index (χ1n) is 17.8. The zero-order chi connectivity index (χ0) is 39.5. The number of sulfonamides is 1. The summed E-state index contributed by atoms with van der Waals surface area (Å²) in [5.74, 6) is 4.56. The van der Waals surface area contributed by atoms with Crippen molar-refractivity contribution in [2.75, 3.05) is 30.9 Å². The number of carbonyl (C=O) groups excluding carboxylic acids is 3. The van der Waals surface area contributed by atoms with Crippen LogP contribution in [0.3, 0.4) is 0 Å². The number of nitrogens with one attached hydrogen (secondary N) is 1. The van der Waals surface area contributed by atoms with E-state index in [0.29, 0.717) is 25.8 Å². The van der Waals surface area contributed by atoms with E-state index in [1.807, 2.05) is 69.3 Å². The number of aryl methyl sites for hydroxylation is 1. The summed E-state index contributed by atoms with van der Waals surface area (Å²) in [5, 5.41) is 0. The maximum Gasteiger partial charge on any atom is 0.303 e. The number of hydrogen-bond donors (Lipinski definition) is 1. The fourth-order valence-corrected chi connectivity index (χ4v) is 6.45. The molecule has 3 aromatic carbocycles. The van der Waals surface area contributed by atoms with Crippen molar-refractivity contribution in [3.8, 4) is 11.8 Å². The van der Waals surface area contributed by atoms with Crippen LogP contribution < -0.4 is 9.62 Å². The summed E-state index contributed by atoms with van der Waals surface area (Å²) in [4.78, 5) is 36.7. The lowest BCUT2D eigenvalue weighted by atomic mass is 9.92. The molecular weight excluding hydrogens is 716 g/mol. The maximum absolute atomic E-state index is 12.6. The Morgan fingerprint density at radius 1 is 0.981 bits per heavy atom. The van der Waals surface area contributed by atoms with Crippen molar-refractivity contribution < 1.29 is 46.1 Å². The second kappa shape index (κ2) is 18.6. The van der Waals surface area contributed by atoms with Crippen LogP contribution >= 0.6 is 0 Å². The van der Waals surface area contributed by atoms with Crippen molar-refractivity contribution in [2.24, 2.45) is 0 Å². The number of halogens is 1. The van der Waals surface area contributed by atoms with Gasteiger partial charge in [0.25, 0.3) is 0 Å². The number of anilines is 1. The number of amides is 1. The molecule has 5 rings (SSSR count). The summed E-state index contributed by atoms with van der Waals surface area (Å²) in [6.07, 6.45) is 3.71. The van der Waals surface area contributed by atoms with Gasteiger partial charge in [-0.1, -0.05) is 55.2 Å². The average molecular weight is 765 g/mol. The first-order chi connectivity index (χ1) is 25.5. The molecule has 0 aromatic heterocycles. The Hall–Kier alpha value is -4.61. The third-order valence-electron chi connectivity index (χ3n) is 8.75. The monoisotopic (exact) mass is 764 g/mol. The number of rotatable bonds is 12. The Labute approximate surface area is 317 Å². The standard InChI is InChI=1S/C30H36N2O7S.C11H13FO2/c1-22(33)39-30(20-37-29(2,3)38-21-30)17-5-7-23-9-13-25(14-10-23)27-19-28(34)32(27)26-15-11-24(12-16-26)8-6-18-31-40(4,35)36;1-3-11(14-8(2)13)9-4-6-10(12)7-5-9/h9-16,27,31H,6,8,17-21H2,1-4H3;4-7,11H,3H2,1-2H3/t27-;11-/m00/s1. The molecule has 54 heavy (non-hydrogen) atoms. The number of nitrogens with zero attached hydrogens (tertiary/aromatic N) is 1. The zero-order valence-corrected chi connectivity index (χ0v) is 32.5. The summed E-state index contributed by atoms with van der Waals surface area (Å²) < 4.78 is 59.5. The smallest absolute Gasteiger partial charge is 0.303 e. The molecule has 290 valence electrons. The molecule has 3 aromatic rings. The Kier molecular flexibility index (Phi) is 14.5. The fourth-order valence-electron chi connectivity index (χ4n) is 5.94. The van der Waals surface area contributed by atoms with E-state index in [2.05, 4.69) is 16.6 Å². The predicted molar refractivity (Wildman–Crippen MR) is 202 cm³/mol. The second-order valence-electron chi connectivity index (χ2n) is 13.8. The van der Waals surface area contributed by atoms with Crippen LogP contribution in [0.25, 0.3) is 0 Å². The van der Waals surface area contributed by atoms with Gasteiger partial charge in [0.05, 0.1) is 38.4 Å². The molecule has 2 fully saturated rings. The van der Waals surface area contributed by atoms with Gasteiger partial charge in [-0.2, -0.15) is 0 Å². The third kappa shape index (κ3) is 12.8. The minimum Gasteiger partial charge on any atom is -0.458 e. The van der Waals surface area contributed by atoms with Crippen molar-refractivity contribution in [1.29, 1.82) is 0 Å². The van der Waals surface area contributed by atoms with Crippen LogP contribution in [0.1, 0.15) is 94.7 Å². The van der Waals surface area contributed by atoms with Crippen LogP contribution in [0, 0.1) is 17.7 Å². The highest BCUT2D eigenvalue weighted by Gasteiger charge is 2.42. The second-order valence-corrected chi connectivity index (χ2v) is 15.7. The van der Waals surface area contributed by atoms with Crippen molar-refractivity contribution in [2.45, 2.75) is 90.3 Å². The van der Waals surface area contributed by atoms with Gasteiger partial charge < -0.3 is 23.8 Å². The summed E-state index contributed by atoms with van der Waals surface area (Å²) in [6, 6.07) is 21.6. The summed E-state index contributed by atoms with van der Waals surface area (Å²) >= 11 is 0. The lowest BCUT2D eigenvalue weighted by Gasteiger charge is -2.41. The number of carbonyl (C=O) groups is 3. The van der Waals surface area contributed by atoms with E-state index < -0.39 is 27.4 Å². The van der Waals surface area contributed by atoms with Gasteiger partial charge in [0.1, 0.15) is 11.9 Å². The first kappa shape index (κ1) is 42.1. The molecule has 0 unspecified atom stereocenters. The molecule has 0 bridgehead atoms. The van der Waals surface area contributed by atoms with Gasteiger partial charge in [-0.05, 0) is 86.2 Å². The highest BCUT2D eigenvalue weighted by atomic mass is 32.2. The van der Waals surface area contributed by atoms with Crippen LogP contribution in [0.4, 0.5) is 10.1 Å². The number of β-lactam (4-membered cyclic amide) rings is 1. The van der Waals surface area contributed by atoms with Crippen molar-refractivity contribution in [3.05, 3.63) is 101 Å². The molecule has 0 aliphatic carbocycles. The predicted octanol–water partition coefficient (Wildman–Crippen LogP) is 6.31. The van der Waals surface area contributed by atoms with E-state index in [1.165, 1.54) is 26.0 Å². The van der Waals surface area contributed by atoms with E-state index in [9.17, 15) is 27.2 Å². The third-order valence-corrected chi connectivity index (χ3v) is 9.48. The molecule has 2 heterocycles. The Morgan fingerprint density at radius 2 is 1.61 bits per heavy atom. The van der Waals surface area contributed by atoms with E-state index in [1.54, 1.807) is 17.0 Å². The van der Waals surface area contributed by atoms with Crippen LogP contribution in [0.5, 0.6) is 0 Å². The highest BCUT2D eigenvalue weighted by Crippen LogP contribution is 2.39. The van der Waals surface area contributed by atoms with Gasteiger partial charge in [0.2, 0.25) is 15.9 Å². The quantitative estimate of drug-likeness (QED) is 0.0974. The average Bonchev–Trinajstić information content (AvgIpc) is 3.10. The molecule has 13 heteroatoms. The molecule has 2 aliphatic rings. The van der Waals surface area contributed by atoms with Gasteiger partial charge in [-0.25, -0.2) is 17.5 Å². The van der Waals surface area contributed by atoms with Crippen LogP contribution in [-0.4, -0.2) is 63.7 Å². The normalized spacial score (nSPS) is 17.8. The molecule has 2 saturated heterocycles. The minimum absolute atomic E-state index is 0.0496. The number of ether oxygens (including phenoxy) is 4. The number of benzene rings is 3. The van der Waals surface area contributed by atoms with Gasteiger partial charge in [-0.3, -0.25) is 14.4 Å². The van der Waals surface area contributed by atoms with E-state index in [4.69, 9.17) is 18.9 Å². The molecule has 0 radical (unpaired) electrons. The summed E-state index contributed by atoms with van der Waals surface area (Å²) in [6.45, 7) is 9.08. The Morgan fingerprint density at radius 3 is 2.15 bits per heavy atom. The van der Waals surface area contributed by atoms with Gasteiger partial charge in [0.15, 0.2) is 11.4 Å². The van der Waals surface area contributed by atoms with Crippen LogP contribution in [-0.2, 0) is 49.8 Å². The van der Waals surface area contributed by atoms with Crippen molar-refractivity contribution in [1.82, 2.24) is 4.72 Å². The first-order valence-corrected chi connectivity index (χ1v) is 19.7. The Balaban J connectivity index is 0.000000390. The highest BCUT2D eigenvalue weighted by molar-refractivity contribution is 7.88. The zero-order valence-electron chi connectivity index (χ0n) is 31.6. The molecule has 0 saturated carbocycles. The van der Waals surface area contributed by atoms with Gasteiger partial charge in [0, 0.05) is 31.6 Å². The lowest BCUT2D eigenvalue weighted by Crippen LogP contribution is -2.53. The molecular formula is C41H49FN2O9S. The topological polar surface area (TPSA) is 138 Å². The molecule has 0 spiro atoms. The fraction of sp³-hybridized carbons (Fsp3) is 0.439. The minimum atomic E-state index is -3.18. The number of hydrogen-bond acceptors (Lipinski definition) is 9. The largest absolute Gasteiger partial charge is 0.458 e. The lowest BCUT2D eigenvalue weighted by molar-refractivity contribution is -0.303. The van der Waals surface area contributed by atoms with Gasteiger partial charge >= 0.3 is 11.9 Å². The van der Waals surface area contributed by atoms with Crippen LogP contribution in [0.2, 0.25) is 0 Å². The molecule has 2 aliphatic heterocycles. The molecule has 1 amide bonds. The molecule has 1 N–H and O–H groups in total. The Bertz CT molecular complexity index is 1910. The molecule has 2 atom stereocenters. The van der Waals surface area contributed by atoms with Crippen molar-refractivity contribution in [3.63, 3.8) is 0 Å². The van der Waals surface area contributed by atoms with Crippen molar-refractivity contribution >= 4 is 33.6 Å². The van der Waals surface area contributed by atoms with Crippen LogP contribution in [0.15, 0.2) is 72.8 Å². The number of esters is 2. The van der Waals surface area contributed by atoms with Gasteiger partial charge in [-0.15, -0.1) is 0 Å². The van der Waals surface area contributed by atoms with E-state index in [0.717, 1.165) is 40.6 Å². The molecule has 11 nitrogen and oxygen atoms in total. The summed E-state index contributed by atoms with van der Waals surface area (Å²) in [7, 11) is -3.18. The maximum atomic E-state index is 12.6. The summed E-state index contributed by atoms with van der Waals surface area (Å²) in [5.41, 5.74) is 3.63. The van der Waals surface area contributed by atoms with E-state index in [-0.39, 0.29) is 49.5 Å². The SMILES string of the molecule is CC(=O)OC1(CC#Cc2ccc([C@@H]3CC(=O)N3c3ccc(CCCNS(C)(=O)=O)cc3)cc2)COC(C)(C)OC1.CC[C@H](OC(C)=O)c1ccc(F)cc1. The van der Waals surface area contributed by atoms with E-state index >= 15 is 0 Å².